The van der Waals surface area contributed by atoms with Gasteiger partial charge in [0.25, 0.3) is 0 Å². The molecule has 6 nitrogen and oxygen atoms in total. The number of nitrogens with one attached hydrogen (secondary N) is 2. The fraction of sp³-hybridized carbons (Fsp3) is 0.533. The number of carbonyl (C=O) groups excluding carboxylic acids is 1. The summed E-state index contributed by atoms with van der Waals surface area (Å²) in [5.41, 5.74) is 0. The van der Waals surface area contributed by atoms with Gasteiger partial charge in [0.05, 0.1) is 0 Å². The predicted molar refractivity (Wildman–Crippen MR) is 82.0 cm³/mol. The van der Waals surface area contributed by atoms with E-state index in [9.17, 15) is 4.79 Å². The van der Waals surface area contributed by atoms with Crippen LogP contribution in [0.5, 0.6) is 0 Å². The van der Waals surface area contributed by atoms with Crippen molar-refractivity contribution < 1.29 is 4.79 Å². The van der Waals surface area contributed by atoms with E-state index in [0.717, 1.165) is 12.2 Å². The number of nitrogens with zero attached hydrogens (tertiary/aromatic N) is 3. The third-order valence-electron chi connectivity index (χ3n) is 3.27. The number of hydrogen-bond donors (Lipinski definition) is 2. The van der Waals surface area contributed by atoms with Crippen molar-refractivity contribution in [2.24, 2.45) is 5.92 Å². The van der Waals surface area contributed by atoms with E-state index in [0.29, 0.717) is 11.9 Å². The SMILES string of the molecule is CC(C)C[C@H](C(=O)Nc1n[nH]c(C(C)C)n1)n1cccc1. The molecule has 2 rings (SSSR count). The van der Waals surface area contributed by atoms with Gasteiger partial charge in [-0.25, -0.2) is 0 Å². The number of carbonyl (C=O) groups is 1. The number of H-pyrrole nitrogens is 1. The lowest BCUT2D eigenvalue weighted by Crippen LogP contribution is -2.27. The Morgan fingerprint density at radius 1 is 1.29 bits per heavy atom. The van der Waals surface area contributed by atoms with Crippen LogP contribution in [-0.4, -0.2) is 25.7 Å². The third-order valence-corrected chi connectivity index (χ3v) is 3.27. The Labute approximate surface area is 125 Å². The van der Waals surface area contributed by atoms with Crippen LogP contribution in [0.1, 0.15) is 51.9 Å². The average Bonchev–Trinajstić information content (AvgIpc) is 3.06. The molecule has 114 valence electrons. The second-order valence-electron chi connectivity index (χ2n) is 5.96. The van der Waals surface area contributed by atoms with Crippen molar-refractivity contribution in [3.63, 3.8) is 0 Å². The van der Waals surface area contributed by atoms with E-state index in [4.69, 9.17) is 0 Å². The molecule has 2 heterocycles. The second-order valence-corrected chi connectivity index (χ2v) is 5.96. The maximum absolute atomic E-state index is 12.5. The summed E-state index contributed by atoms with van der Waals surface area (Å²) in [5.74, 6) is 1.69. The molecule has 0 saturated heterocycles. The Morgan fingerprint density at radius 3 is 2.48 bits per heavy atom. The molecule has 2 aromatic heterocycles. The van der Waals surface area contributed by atoms with E-state index in [2.05, 4.69) is 34.3 Å². The van der Waals surface area contributed by atoms with Crippen molar-refractivity contribution in [3.05, 3.63) is 30.4 Å². The van der Waals surface area contributed by atoms with Crippen molar-refractivity contribution in [1.29, 1.82) is 0 Å². The first-order valence-electron chi connectivity index (χ1n) is 7.33. The average molecular weight is 289 g/mol. The van der Waals surface area contributed by atoms with Crippen LogP contribution in [0.15, 0.2) is 24.5 Å². The standard InChI is InChI=1S/C15H23N5O/c1-10(2)9-12(20-7-5-6-8-20)14(21)17-15-16-13(11(3)4)18-19-15/h5-8,10-12H,9H2,1-4H3,(H2,16,17,18,19,21)/t12-/m1/s1. The zero-order valence-electron chi connectivity index (χ0n) is 13.0. The van der Waals surface area contributed by atoms with Crippen molar-refractivity contribution in [2.75, 3.05) is 5.32 Å². The second kappa shape index (κ2) is 6.56. The maximum Gasteiger partial charge on any atom is 0.249 e. The molecule has 2 aromatic rings. The summed E-state index contributed by atoms with van der Waals surface area (Å²) in [4.78, 5) is 16.8. The molecule has 0 radical (unpaired) electrons. The highest BCUT2D eigenvalue weighted by molar-refractivity contribution is 5.92. The highest BCUT2D eigenvalue weighted by atomic mass is 16.2. The van der Waals surface area contributed by atoms with Gasteiger partial charge in [-0.1, -0.05) is 27.7 Å². The van der Waals surface area contributed by atoms with Crippen LogP contribution in [-0.2, 0) is 4.79 Å². The van der Waals surface area contributed by atoms with Gasteiger partial charge in [0.1, 0.15) is 11.9 Å². The minimum Gasteiger partial charge on any atom is -0.342 e. The van der Waals surface area contributed by atoms with Crippen LogP contribution < -0.4 is 5.32 Å². The molecule has 0 fully saturated rings. The number of aromatic amines is 1. The molecule has 1 amide bonds. The molecule has 0 aliphatic heterocycles. The van der Waals surface area contributed by atoms with Crippen molar-refractivity contribution >= 4 is 11.9 Å². The first-order valence-corrected chi connectivity index (χ1v) is 7.33. The Hall–Kier alpha value is -2.11. The quantitative estimate of drug-likeness (QED) is 0.858. The van der Waals surface area contributed by atoms with Crippen molar-refractivity contribution in [3.8, 4) is 0 Å². The van der Waals surface area contributed by atoms with Gasteiger partial charge in [0.2, 0.25) is 11.9 Å². The maximum atomic E-state index is 12.5. The molecule has 0 aromatic carbocycles. The molecular weight excluding hydrogens is 266 g/mol. The van der Waals surface area contributed by atoms with Crippen molar-refractivity contribution in [2.45, 2.75) is 46.1 Å². The van der Waals surface area contributed by atoms with Crippen LogP contribution in [0.4, 0.5) is 5.95 Å². The zero-order chi connectivity index (χ0) is 15.4. The molecule has 0 unspecified atom stereocenters. The number of aromatic nitrogens is 4. The molecule has 0 bridgehead atoms. The van der Waals surface area contributed by atoms with Gasteiger partial charge < -0.3 is 4.57 Å². The van der Waals surface area contributed by atoms with Crippen LogP contribution in [0.3, 0.4) is 0 Å². The van der Waals surface area contributed by atoms with Crippen LogP contribution >= 0.6 is 0 Å². The number of amides is 1. The summed E-state index contributed by atoms with van der Waals surface area (Å²) < 4.78 is 1.92. The number of rotatable bonds is 6. The first-order chi connectivity index (χ1) is 9.97. The highest BCUT2D eigenvalue weighted by Crippen LogP contribution is 2.20. The van der Waals surface area contributed by atoms with Crippen molar-refractivity contribution in [1.82, 2.24) is 19.7 Å². The van der Waals surface area contributed by atoms with E-state index in [1.165, 1.54) is 0 Å². The summed E-state index contributed by atoms with van der Waals surface area (Å²) in [5, 5.41) is 9.68. The smallest absolute Gasteiger partial charge is 0.249 e. The van der Waals surface area contributed by atoms with Crippen LogP contribution in [0.2, 0.25) is 0 Å². The first kappa shape index (κ1) is 15.3. The molecule has 0 aliphatic carbocycles. The number of hydrogen-bond acceptors (Lipinski definition) is 3. The van der Waals surface area contributed by atoms with Crippen LogP contribution in [0.25, 0.3) is 0 Å². The van der Waals surface area contributed by atoms with E-state index in [-0.39, 0.29) is 17.9 Å². The van der Waals surface area contributed by atoms with Gasteiger partial charge in [0, 0.05) is 18.3 Å². The third kappa shape index (κ3) is 3.93. The summed E-state index contributed by atoms with van der Waals surface area (Å²) in [6.45, 7) is 8.25. The monoisotopic (exact) mass is 289 g/mol. The molecule has 2 N–H and O–H groups in total. The molecule has 0 spiro atoms. The van der Waals surface area contributed by atoms with Gasteiger partial charge in [-0.2, -0.15) is 4.98 Å². The fourth-order valence-electron chi connectivity index (χ4n) is 2.15. The van der Waals surface area contributed by atoms with Crippen LogP contribution in [0, 0.1) is 5.92 Å². The Balaban J connectivity index is 2.10. The molecule has 6 heteroatoms. The molecular formula is C15H23N5O. The molecule has 21 heavy (non-hydrogen) atoms. The van der Waals surface area contributed by atoms with Gasteiger partial charge in [-0.3, -0.25) is 15.2 Å². The minimum atomic E-state index is -0.249. The summed E-state index contributed by atoms with van der Waals surface area (Å²) in [6, 6.07) is 3.59. The minimum absolute atomic E-state index is 0.0887. The lowest BCUT2D eigenvalue weighted by atomic mass is 10.0. The van der Waals surface area contributed by atoms with Gasteiger partial charge in [-0.05, 0) is 24.5 Å². The normalized spacial score (nSPS) is 12.9. The lowest BCUT2D eigenvalue weighted by molar-refractivity contribution is -0.119. The summed E-state index contributed by atoms with van der Waals surface area (Å²) in [6.07, 6.45) is 4.58. The summed E-state index contributed by atoms with van der Waals surface area (Å²) >= 11 is 0. The van der Waals surface area contributed by atoms with E-state index >= 15 is 0 Å². The topological polar surface area (TPSA) is 75.6 Å². The van der Waals surface area contributed by atoms with Gasteiger partial charge in [-0.15, -0.1) is 5.10 Å². The Bertz CT molecular complexity index is 571. The fourth-order valence-corrected chi connectivity index (χ4v) is 2.15. The highest BCUT2D eigenvalue weighted by Gasteiger charge is 2.22. The molecule has 0 aliphatic rings. The number of anilines is 1. The van der Waals surface area contributed by atoms with E-state index in [1.807, 2.05) is 42.9 Å². The largest absolute Gasteiger partial charge is 0.342 e. The van der Waals surface area contributed by atoms with Gasteiger partial charge in [0.15, 0.2) is 0 Å². The Kier molecular flexibility index (Phi) is 4.77. The molecule has 1 atom stereocenters. The lowest BCUT2D eigenvalue weighted by Gasteiger charge is -2.19. The summed E-state index contributed by atoms with van der Waals surface area (Å²) in [7, 11) is 0. The zero-order valence-corrected chi connectivity index (χ0v) is 13.0. The van der Waals surface area contributed by atoms with E-state index < -0.39 is 0 Å². The van der Waals surface area contributed by atoms with E-state index in [1.54, 1.807) is 0 Å². The Morgan fingerprint density at radius 2 is 1.95 bits per heavy atom. The predicted octanol–water partition coefficient (Wildman–Crippen LogP) is 2.96. The van der Waals surface area contributed by atoms with Gasteiger partial charge >= 0.3 is 0 Å². The molecule has 0 saturated carbocycles.